The van der Waals surface area contributed by atoms with Crippen LogP contribution in [-0.2, 0) is 4.52 Å². The van der Waals surface area contributed by atoms with Gasteiger partial charge in [0, 0.05) is 8.50 Å². The molecule has 1 fully saturated rings. The molecular formula is C7H16OP2. The fourth-order valence-electron chi connectivity index (χ4n) is 1.07. The van der Waals surface area contributed by atoms with Gasteiger partial charge in [0.1, 0.15) is 0 Å². The van der Waals surface area contributed by atoms with E-state index in [2.05, 4.69) is 0 Å². The Morgan fingerprint density at radius 3 is 2.70 bits per heavy atom. The zero-order valence-electron chi connectivity index (χ0n) is 6.36. The molecule has 0 aromatic heterocycles. The fourth-order valence-corrected chi connectivity index (χ4v) is 3.40. The lowest BCUT2D eigenvalue weighted by Crippen LogP contribution is -1.88. The Balaban J connectivity index is 2.00. The van der Waals surface area contributed by atoms with E-state index >= 15 is 0 Å². The van der Waals surface area contributed by atoms with Crippen LogP contribution in [-0.4, -0.2) is 12.8 Å². The Bertz CT molecular complexity index is 44.8. The third-order valence-electron chi connectivity index (χ3n) is 1.69. The molecule has 60 valence electrons. The zero-order valence-corrected chi connectivity index (χ0v) is 8.36. The van der Waals surface area contributed by atoms with E-state index in [9.17, 15) is 0 Å². The van der Waals surface area contributed by atoms with Gasteiger partial charge in [-0.2, -0.15) is 0 Å². The van der Waals surface area contributed by atoms with Gasteiger partial charge in [0.25, 0.3) is 0 Å². The highest BCUT2D eigenvalue weighted by Crippen LogP contribution is 2.38. The highest BCUT2D eigenvalue weighted by molar-refractivity contribution is 8.09. The third-order valence-corrected chi connectivity index (χ3v) is 4.40. The van der Waals surface area contributed by atoms with Gasteiger partial charge < -0.3 is 4.52 Å². The summed E-state index contributed by atoms with van der Waals surface area (Å²) in [5, 5.41) is 0. The molecule has 1 aliphatic rings. The molecule has 0 aromatic carbocycles. The summed E-state index contributed by atoms with van der Waals surface area (Å²) in [6.45, 7) is 1.02. The van der Waals surface area contributed by atoms with Crippen molar-refractivity contribution in [1.29, 1.82) is 0 Å². The summed E-state index contributed by atoms with van der Waals surface area (Å²) in [7, 11) is 1.90. The molecule has 0 saturated carbocycles. The first-order valence-corrected chi connectivity index (χ1v) is 7.21. The SMILES string of the molecule is C1CCCOPPCCC1. The molecule has 1 saturated heterocycles. The first-order valence-electron chi connectivity index (χ1n) is 4.10. The van der Waals surface area contributed by atoms with E-state index in [1.807, 2.05) is 0 Å². The number of hydrogen-bond acceptors (Lipinski definition) is 1. The molecular weight excluding hydrogens is 162 g/mol. The summed E-state index contributed by atoms with van der Waals surface area (Å²) in [6.07, 6.45) is 8.41. The summed E-state index contributed by atoms with van der Waals surface area (Å²) >= 11 is 0. The molecule has 0 radical (unpaired) electrons. The maximum absolute atomic E-state index is 5.45. The lowest BCUT2D eigenvalue weighted by Gasteiger charge is -2.07. The van der Waals surface area contributed by atoms with Crippen molar-refractivity contribution in [2.75, 3.05) is 12.8 Å². The van der Waals surface area contributed by atoms with Crippen LogP contribution < -0.4 is 0 Å². The van der Waals surface area contributed by atoms with Gasteiger partial charge >= 0.3 is 0 Å². The molecule has 1 aliphatic heterocycles. The molecule has 0 aromatic rings. The van der Waals surface area contributed by atoms with E-state index in [1.165, 1.54) is 38.3 Å². The van der Waals surface area contributed by atoms with E-state index in [0.717, 1.165) is 23.4 Å². The average Bonchev–Trinajstić information content (AvgIpc) is 2.01. The zero-order chi connectivity index (χ0) is 7.07. The predicted octanol–water partition coefficient (Wildman–Crippen LogP) is 3.15. The molecule has 0 bridgehead atoms. The molecule has 1 heterocycles. The van der Waals surface area contributed by atoms with E-state index in [-0.39, 0.29) is 0 Å². The van der Waals surface area contributed by atoms with Crippen LogP contribution in [0.5, 0.6) is 0 Å². The van der Waals surface area contributed by atoms with Gasteiger partial charge in [-0.25, -0.2) is 0 Å². The number of hydrogen-bond donors (Lipinski definition) is 0. The van der Waals surface area contributed by atoms with Crippen molar-refractivity contribution in [3.63, 3.8) is 0 Å². The summed E-state index contributed by atoms with van der Waals surface area (Å²) < 4.78 is 5.45. The van der Waals surface area contributed by atoms with E-state index in [4.69, 9.17) is 4.52 Å². The van der Waals surface area contributed by atoms with Crippen LogP contribution in [0.25, 0.3) is 0 Å². The van der Waals surface area contributed by atoms with Crippen LogP contribution in [0.15, 0.2) is 0 Å². The van der Waals surface area contributed by atoms with Crippen LogP contribution in [0.2, 0.25) is 0 Å². The highest BCUT2D eigenvalue weighted by atomic mass is 32.0. The van der Waals surface area contributed by atoms with Crippen molar-refractivity contribution in [2.45, 2.75) is 32.1 Å². The third kappa shape index (κ3) is 4.61. The number of rotatable bonds is 0. The summed E-state index contributed by atoms with van der Waals surface area (Å²) in [5.74, 6) is 0. The van der Waals surface area contributed by atoms with Gasteiger partial charge in [-0.3, -0.25) is 0 Å². The molecule has 2 unspecified atom stereocenters. The Hall–Kier alpha value is 0.820. The van der Waals surface area contributed by atoms with E-state index < -0.39 is 0 Å². The summed E-state index contributed by atoms with van der Waals surface area (Å²) in [6, 6.07) is 0. The van der Waals surface area contributed by atoms with Gasteiger partial charge in [0.05, 0.1) is 6.61 Å². The smallest absolute Gasteiger partial charge is 0.0509 e. The van der Waals surface area contributed by atoms with E-state index in [0.29, 0.717) is 0 Å². The van der Waals surface area contributed by atoms with Crippen molar-refractivity contribution in [2.24, 2.45) is 0 Å². The monoisotopic (exact) mass is 178 g/mol. The van der Waals surface area contributed by atoms with Crippen LogP contribution in [0, 0.1) is 0 Å². The Labute approximate surface area is 66.8 Å². The van der Waals surface area contributed by atoms with Crippen LogP contribution in [0.1, 0.15) is 32.1 Å². The minimum Gasteiger partial charge on any atom is -0.358 e. The standard InChI is InChI=1S/C7H16OP2/c1-2-4-6-8-10-9-7-5-3-1/h9-10H,1-7H2. The topological polar surface area (TPSA) is 9.23 Å². The molecule has 1 nitrogen and oxygen atoms in total. The lowest BCUT2D eigenvalue weighted by atomic mass is 10.2. The lowest BCUT2D eigenvalue weighted by molar-refractivity contribution is 0.350. The van der Waals surface area contributed by atoms with Crippen LogP contribution >= 0.6 is 16.8 Å². The van der Waals surface area contributed by atoms with Gasteiger partial charge in [-0.15, -0.1) is 0 Å². The van der Waals surface area contributed by atoms with Gasteiger partial charge in [0.15, 0.2) is 0 Å². The largest absolute Gasteiger partial charge is 0.358 e. The Morgan fingerprint density at radius 2 is 1.70 bits per heavy atom. The van der Waals surface area contributed by atoms with Crippen LogP contribution in [0.4, 0.5) is 0 Å². The molecule has 0 aliphatic carbocycles. The molecule has 3 heteroatoms. The van der Waals surface area contributed by atoms with Crippen molar-refractivity contribution < 1.29 is 4.52 Å². The second-order valence-electron chi connectivity index (χ2n) is 2.65. The van der Waals surface area contributed by atoms with Crippen molar-refractivity contribution in [3.05, 3.63) is 0 Å². The summed E-state index contributed by atoms with van der Waals surface area (Å²) in [4.78, 5) is 0. The van der Waals surface area contributed by atoms with Gasteiger partial charge in [-0.1, -0.05) is 27.5 Å². The normalized spacial score (nSPS) is 28.8. The minimum absolute atomic E-state index is 0.811. The quantitative estimate of drug-likeness (QED) is 0.518. The maximum Gasteiger partial charge on any atom is 0.0509 e. The molecule has 2 atom stereocenters. The first kappa shape index (κ1) is 8.91. The Morgan fingerprint density at radius 1 is 0.900 bits per heavy atom. The summed E-state index contributed by atoms with van der Waals surface area (Å²) in [5.41, 5.74) is 0. The van der Waals surface area contributed by atoms with Crippen molar-refractivity contribution >= 4 is 16.8 Å². The second-order valence-corrected chi connectivity index (χ2v) is 5.66. The van der Waals surface area contributed by atoms with Crippen molar-refractivity contribution in [1.82, 2.24) is 0 Å². The van der Waals surface area contributed by atoms with Gasteiger partial charge in [-0.05, 0) is 19.0 Å². The molecule has 0 amide bonds. The molecule has 10 heavy (non-hydrogen) atoms. The molecule has 0 spiro atoms. The van der Waals surface area contributed by atoms with Crippen LogP contribution in [0.3, 0.4) is 0 Å². The molecule has 0 N–H and O–H groups in total. The fraction of sp³-hybridized carbons (Fsp3) is 1.00. The first-order chi connectivity index (χ1) is 5.00. The van der Waals surface area contributed by atoms with Crippen molar-refractivity contribution in [3.8, 4) is 0 Å². The van der Waals surface area contributed by atoms with E-state index in [1.54, 1.807) is 0 Å². The highest BCUT2D eigenvalue weighted by Gasteiger charge is 1.95. The Kier molecular flexibility index (Phi) is 5.82. The maximum atomic E-state index is 5.45. The minimum atomic E-state index is 0.811. The second kappa shape index (κ2) is 6.53. The average molecular weight is 178 g/mol. The molecule has 1 rings (SSSR count). The predicted molar refractivity (Wildman–Crippen MR) is 50.5 cm³/mol. The van der Waals surface area contributed by atoms with Gasteiger partial charge in [0.2, 0.25) is 0 Å².